The van der Waals surface area contributed by atoms with Gasteiger partial charge in [-0.3, -0.25) is 9.78 Å². The largest absolute Gasteiger partial charge is 0.347 e. The summed E-state index contributed by atoms with van der Waals surface area (Å²) < 4.78 is 0. The van der Waals surface area contributed by atoms with Gasteiger partial charge in [0.05, 0.1) is 0 Å². The van der Waals surface area contributed by atoms with Crippen LogP contribution in [0.25, 0.3) is 0 Å². The van der Waals surface area contributed by atoms with Crippen molar-refractivity contribution in [3.8, 4) is 0 Å². The summed E-state index contributed by atoms with van der Waals surface area (Å²) in [6.07, 6.45) is 2.49. The Balaban J connectivity index is 0. The molecule has 0 radical (unpaired) electrons. The molecule has 104 valence electrons. The van der Waals surface area contributed by atoms with Crippen LogP contribution in [0.3, 0.4) is 0 Å². The van der Waals surface area contributed by atoms with E-state index in [4.69, 9.17) is 5.73 Å². The fourth-order valence-corrected chi connectivity index (χ4v) is 1.54. The summed E-state index contributed by atoms with van der Waals surface area (Å²) in [4.78, 5) is 15.8. The molecule has 0 saturated heterocycles. The predicted octanol–water partition coefficient (Wildman–Crippen LogP) is 2.03. The second kappa shape index (κ2) is 10.1. The van der Waals surface area contributed by atoms with Crippen molar-refractivity contribution in [3.05, 3.63) is 30.1 Å². The fourth-order valence-electron chi connectivity index (χ4n) is 1.54. The van der Waals surface area contributed by atoms with Crippen LogP contribution in [0, 0.1) is 5.92 Å². The third-order valence-corrected chi connectivity index (χ3v) is 2.27. The van der Waals surface area contributed by atoms with Crippen LogP contribution in [0.2, 0.25) is 0 Å². The summed E-state index contributed by atoms with van der Waals surface area (Å²) in [5, 5.41) is 2.89. The van der Waals surface area contributed by atoms with Crippen LogP contribution in [0.4, 0.5) is 0 Å². The highest BCUT2D eigenvalue weighted by molar-refractivity contribution is 5.92. The lowest BCUT2D eigenvalue weighted by Crippen LogP contribution is -2.41. The van der Waals surface area contributed by atoms with Gasteiger partial charge < -0.3 is 11.1 Å². The lowest BCUT2D eigenvalue weighted by Gasteiger charge is -2.18. The monoisotopic (exact) mass is 293 g/mol. The van der Waals surface area contributed by atoms with Crippen molar-refractivity contribution in [2.75, 3.05) is 6.54 Å². The maximum absolute atomic E-state index is 11.8. The van der Waals surface area contributed by atoms with Gasteiger partial charge in [-0.1, -0.05) is 19.9 Å². The molecule has 1 unspecified atom stereocenters. The highest BCUT2D eigenvalue weighted by Gasteiger charge is 2.14. The Kier molecular flexibility index (Phi) is 11.0. The molecule has 0 aliphatic carbocycles. The van der Waals surface area contributed by atoms with Crippen molar-refractivity contribution in [2.24, 2.45) is 11.7 Å². The lowest BCUT2D eigenvalue weighted by molar-refractivity contribution is 0.0928. The number of rotatable bonds is 5. The topological polar surface area (TPSA) is 68.0 Å². The van der Waals surface area contributed by atoms with Gasteiger partial charge in [0.1, 0.15) is 5.69 Å². The van der Waals surface area contributed by atoms with Crippen molar-refractivity contribution in [1.29, 1.82) is 0 Å². The quantitative estimate of drug-likeness (QED) is 0.873. The van der Waals surface area contributed by atoms with Gasteiger partial charge in [-0.25, -0.2) is 0 Å². The summed E-state index contributed by atoms with van der Waals surface area (Å²) in [5.41, 5.74) is 6.05. The number of hydrogen-bond donors (Lipinski definition) is 2. The number of carbonyl (C=O) groups is 1. The first kappa shape index (κ1) is 19.5. The van der Waals surface area contributed by atoms with Gasteiger partial charge in [0.25, 0.3) is 5.91 Å². The number of nitrogens with two attached hydrogens (primary N) is 1. The Morgan fingerprint density at radius 1 is 1.39 bits per heavy atom. The average Bonchev–Trinajstić information content (AvgIpc) is 2.28. The molecule has 18 heavy (non-hydrogen) atoms. The van der Waals surface area contributed by atoms with Crippen LogP contribution < -0.4 is 11.1 Å². The normalized spacial score (nSPS) is 11.1. The summed E-state index contributed by atoms with van der Waals surface area (Å²) in [6.45, 7) is 4.67. The summed E-state index contributed by atoms with van der Waals surface area (Å²) in [5.74, 6) is 0.356. The number of nitrogens with zero attached hydrogens (tertiary/aromatic N) is 1. The maximum Gasteiger partial charge on any atom is 0.270 e. The second-order valence-corrected chi connectivity index (χ2v) is 4.25. The van der Waals surface area contributed by atoms with Crippen molar-refractivity contribution < 1.29 is 4.79 Å². The summed E-state index contributed by atoms with van der Waals surface area (Å²) >= 11 is 0. The molecular formula is C12H21Cl2N3O. The first-order valence-electron chi connectivity index (χ1n) is 5.55. The van der Waals surface area contributed by atoms with E-state index in [-0.39, 0.29) is 36.8 Å². The van der Waals surface area contributed by atoms with E-state index in [0.717, 1.165) is 6.42 Å². The van der Waals surface area contributed by atoms with Crippen LogP contribution in [0.1, 0.15) is 30.8 Å². The zero-order valence-corrected chi connectivity index (χ0v) is 12.3. The molecule has 1 amide bonds. The standard InChI is InChI=1S/C12H19N3O.2ClH/c1-9(2)7-10(8-13)15-12(16)11-5-3-4-6-14-11;;/h3-6,9-10H,7-8,13H2,1-2H3,(H,15,16);2*1H. The van der Waals surface area contributed by atoms with E-state index >= 15 is 0 Å². The Morgan fingerprint density at radius 3 is 2.50 bits per heavy atom. The van der Waals surface area contributed by atoms with Gasteiger partial charge in [-0.05, 0) is 24.5 Å². The highest BCUT2D eigenvalue weighted by Crippen LogP contribution is 2.04. The Labute approximate surface area is 121 Å². The molecule has 1 rings (SSSR count). The van der Waals surface area contributed by atoms with Crippen molar-refractivity contribution in [1.82, 2.24) is 10.3 Å². The Bertz CT molecular complexity index is 333. The average molecular weight is 294 g/mol. The Morgan fingerprint density at radius 2 is 2.06 bits per heavy atom. The number of hydrogen-bond acceptors (Lipinski definition) is 3. The first-order valence-corrected chi connectivity index (χ1v) is 5.55. The van der Waals surface area contributed by atoms with Gasteiger partial charge in [0, 0.05) is 18.8 Å². The van der Waals surface area contributed by atoms with Crippen LogP contribution in [0.15, 0.2) is 24.4 Å². The molecule has 0 bridgehead atoms. The fraction of sp³-hybridized carbons (Fsp3) is 0.500. The molecule has 1 heterocycles. The molecule has 0 aromatic carbocycles. The minimum absolute atomic E-state index is 0. The zero-order valence-electron chi connectivity index (χ0n) is 10.6. The predicted molar refractivity (Wildman–Crippen MR) is 78.5 cm³/mol. The van der Waals surface area contributed by atoms with Gasteiger partial charge in [0.15, 0.2) is 0 Å². The van der Waals surface area contributed by atoms with Crippen molar-refractivity contribution in [2.45, 2.75) is 26.3 Å². The van der Waals surface area contributed by atoms with E-state index in [9.17, 15) is 4.79 Å². The van der Waals surface area contributed by atoms with Gasteiger partial charge in [-0.2, -0.15) is 0 Å². The first-order chi connectivity index (χ1) is 7.63. The van der Waals surface area contributed by atoms with E-state index in [1.807, 2.05) is 0 Å². The van der Waals surface area contributed by atoms with Crippen LogP contribution >= 0.6 is 24.8 Å². The number of nitrogens with one attached hydrogen (secondary N) is 1. The molecule has 1 aromatic rings. The van der Waals surface area contributed by atoms with Gasteiger partial charge in [0.2, 0.25) is 0 Å². The third-order valence-electron chi connectivity index (χ3n) is 2.27. The zero-order chi connectivity index (χ0) is 12.0. The van der Waals surface area contributed by atoms with Crippen molar-refractivity contribution >= 4 is 30.7 Å². The molecule has 0 aliphatic heterocycles. The molecule has 0 fully saturated rings. The molecule has 0 aliphatic rings. The number of halogens is 2. The number of carbonyl (C=O) groups excluding carboxylic acids is 1. The van der Waals surface area contributed by atoms with Crippen LogP contribution in [-0.2, 0) is 0 Å². The summed E-state index contributed by atoms with van der Waals surface area (Å²) in [7, 11) is 0. The van der Waals surface area contributed by atoms with Crippen molar-refractivity contribution in [3.63, 3.8) is 0 Å². The third kappa shape index (κ3) is 6.79. The highest BCUT2D eigenvalue weighted by atomic mass is 35.5. The Hall–Kier alpha value is -0.840. The minimum Gasteiger partial charge on any atom is -0.347 e. The number of amides is 1. The van der Waals surface area contributed by atoms with E-state index in [0.29, 0.717) is 18.2 Å². The van der Waals surface area contributed by atoms with E-state index in [1.165, 1.54) is 0 Å². The molecule has 4 nitrogen and oxygen atoms in total. The van der Waals surface area contributed by atoms with Crippen LogP contribution in [-0.4, -0.2) is 23.5 Å². The SMILES string of the molecule is CC(C)CC(CN)NC(=O)c1ccccn1.Cl.Cl. The van der Waals surface area contributed by atoms with E-state index < -0.39 is 0 Å². The summed E-state index contributed by atoms with van der Waals surface area (Å²) in [6, 6.07) is 5.29. The molecule has 6 heteroatoms. The number of aromatic nitrogens is 1. The molecule has 0 saturated carbocycles. The van der Waals surface area contributed by atoms with Gasteiger partial charge in [-0.15, -0.1) is 24.8 Å². The molecule has 1 atom stereocenters. The number of pyridine rings is 1. The second-order valence-electron chi connectivity index (χ2n) is 4.25. The molecule has 0 spiro atoms. The minimum atomic E-state index is -0.156. The van der Waals surface area contributed by atoms with Gasteiger partial charge >= 0.3 is 0 Å². The molecule has 1 aromatic heterocycles. The molecular weight excluding hydrogens is 273 g/mol. The smallest absolute Gasteiger partial charge is 0.270 e. The maximum atomic E-state index is 11.8. The van der Waals surface area contributed by atoms with Crippen LogP contribution in [0.5, 0.6) is 0 Å². The van der Waals surface area contributed by atoms with E-state index in [1.54, 1.807) is 24.4 Å². The van der Waals surface area contributed by atoms with E-state index in [2.05, 4.69) is 24.1 Å². The lowest BCUT2D eigenvalue weighted by atomic mass is 10.0. The molecule has 3 N–H and O–H groups in total.